The van der Waals surface area contributed by atoms with Gasteiger partial charge in [-0.05, 0) is 29.7 Å². The van der Waals surface area contributed by atoms with E-state index in [0.717, 1.165) is 17.1 Å². The van der Waals surface area contributed by atoms with Crippen LogP contribution in [0.3, 0.4) is 0 Å². The lowest BCUT2D eigenvalue weighted by Gasteiger charge is -2.13. The molecule has 1 aromatic heterocycles. The molecule has 2 N–H and O–H groups in total. The summed E-state index contributed by atoms with van der Waals surface area (Å²) in [6.45, 7) is 4.21. The Labute approximate surface area is 119 Å². The molecule has 0 atom stereocenters. The number of hydrogen-bond donors (Lipinski definition) is 2. The van der Waals surface area contributed by atoms with E-state index in [0.29, 0.717) is 11.5 Å². The summed E-state index contributed by atoms with van der Waals surface area (Å²) in [5.74, 6) is 0.952. The zero-order valence-corrected chi connectivity index (χ0v) is 12.0. The fraction of sp³-hybridized carbons (Fsp3) is 0.250. The molecule has 0 radical (unpaired) electrons. The summed E-state index contributed by atoms with van der Waals surface area (Å²) in [4.78, 5) is 16.4. The summed E-state index contributed by atoms with van der Waals surface area (Å²) >= 11 is 0. The first-order valence-electron chi connectivity index (χ1n) is 6.66. The number of benzene rings is 1. The topological polar surface area (TPSA) is 54.0 Å². The predicted octanol–water partition coefficient (Wildman–Crippen LogP) is 3.50. The molecular formula is C16H19N3O. The molecule has 0 unspecified atom stereocenters. The normalized spacial score (nSPS) is 10.4. The van der Waals surface area contributed by atoms with Crippen LogP contribution < -0.4 is 10.6 Å². The summed E-state index contributed by atoms with van der Waals surface area (Å²) < 4.78 is 0. The minimum Gasteiger partial charge on any atom is -0.373 e. The smallest absolute Gasteiger partial charge is 0.257 e. The number of anilines is 2. The van der Waals surface area contributed by atoms with Gasteiger partial charge in [-0.1, -0.05) is 32.0 Å². The van der Waals surface area contributed by atoms with Crippen LogP contribution in [0.25, 0.3) is 0 Å². The van der Waals surface area contributed by atoms with Gasteiger partial charge in [-0.2, -0.15) is 0 Å². The number of aromatic nitrogens is 1. The van der Waals surface area contributed by atoms with Crippen LogP contribution in [0.2, 0.25) is 0 Å². The van der Waals surface area contributed by atoms with E-state index in [4.69, 9.17) is 0 Å². The van der Waals surface area contributed by atoms with Gasteiger partial charge in [0.15, 0.2) is 0 Å². The van der Waals surface area contributed by atoms with Crippen molar-refractivity contribution >= 4 is 17.4 Å². The third-order valence-electron chi connectivity index (χ3n) is 3.11. The van der Waals surface area contributed by atoms with Crippen molar-refractivity contribution in [1.29, 1.82) is 0 Å². The molecule has 0 saturated carbocycles. The highest BCUT2D eigenvalue weighted by Gasteiger charge is 2.11. The summed E-state index contributed by atoms with van der Waals surface area (Å²) in [6, 6.07) is 11.4. The molecule has 4 heteroatoms. The van der Waals surface area contributed by atoms with Gasteiger partial charge in [0, 0.05) is 18.9 Å². The lowest BCUT2D eigenvalue weighted by molar-refractivity contribution is 0.102. The highest BCUT2D eigenvalue weighted by Crippen LogP contribution is 2.24. The Morgan fingerprint density at radius 1 is 1.15 bits per heavy atom. The Balaban J connectivity index is 2.19. The molecule has 2 aromatic rings. The molecule has 20 heavy (non-hydrogen) atoms. The van der Waals surface area contributed by atoms with E-state index in [-0.39, 0.29) is 5.91 Å². The van der Waals surface area contributed by atoms with Gasteiger partial charge in [0.05, 0.1) is 5.56 Å². The molecule has 0 aliphatic carbocycles. The fourth-order valence-electron chi connectivity index (χ4n) is 1.98. The van der Waals surface area contributed by atoms with Gasteiger partial charge in [0.25, 0.3) is 5.91 Å². The maximum Gasteiger partial charge on any atom is 0.257 e. The van der Waals surface area contributed by atoms with E-state index in [1.807, 2.05) is 24.3 Å². The van der Waals surface area contributed by atoms with E-state index < -0.39 is 0 Å². The molecular weight excluding hydrogens is 250 g/mol. The Hall–Kier alpha value is -2.36. The molecule has 0 saturated heterocycles. The van der Waals surface area contributed by atoms with Gasteiger partial charge in [-0.25, -0.2) is 4.98 Å². The van der Waals surface area contributed by atoms with Crippen LogP contribution in [0.15, 0.2) is 42.6 Å². The molecule has 0 spiro atoms. The second-order valence-electron chi connectivity index (χ2n) is 4.88. The standard InChI is InChI=1S/C16H19N3O/c1-11(2)13-6-4-5-7-14(13)19-16(20)12-8-9-15(17-3)18-10-12/h4-11H,1-3H3,(H,17,18)(H,19,20). The van der Waals surface area contributed by atoms with Gasteiger partial charge in [-0.15, -0.1) is 0 Å². The van der Waals surface area contributed by atoms with Crippen LogP contribution in [0, 0.1) is 0 Å². The molecule has 1 aromatic carbocycles. The predicted molar refractivity (Wildman–Crippen MR) is 82.3 cm³/mol. The van der Waals surface area contributed by atoms with Crippen molar-refractivity contribution < 1.29 is 4.79 Å². The van der Waals surface area contributed by atoms with Crippen molar-refractivity contribution in [1.82, 2.24) is 4.98 Å². The van der Waals surface area contributed by atoms with Crippen molar-refractivity contribution in [3.05, 3.63) is 53.7 Å². The van der Waals surface area contributed by atoms with E-state index in [9.17, 15) is 4.79 Å². The first-order valence-corrected chi connectivity index (χ1v) is 6.66. The van der Waals surface area contributed by atoms with Crippen molar-refractivity contribution in [3.8, 4) is 0 Å². The van der Waals surface area contributed by atoms with E-state index in [1.165, 1.54) is 0 Å². The molecule has 0 aliphatic heterocycles. The molecule has 4 nitrogen and oxygen atoms in total. The van der Waals surface area contributed by atoms with Gasteiger partial charge in [0.2, 0.25) is 0 Å². The largest absolute Gasteiger partial charge is 0.373 e. The van der Waals surface area contributed by atoms with Crippen LogP contribution in [-0.2, 0) is 0 Å². The Bertz CT molecular complexity index is 591. The van der Waals surface area contributed by atoms with Gasteiger partial charge >= 0.3 is 0 Å². The van der Waals surface area contributed by atoms with Crippen molar-refractivity contribution in [2.45, 2.75) is 19.8 Å². The average molecular weight is 269 g/mol. The molecule has 0 aliphatic rings. The monoisotopic (exact) mass is 269 g/mol. The quantitative estimate of drug-likeness (QED) is 0.893. The fourth-order valence-corrected chi connectivity index (χ4v) is 1.98. The van der Waals surface area contributed by atoms with Crippen molar-refractivity contribution in [2.75, 3.05) is 17.7 Å². The number of carbonyl (C=O) groups is 1. The lowest BCUT2D eigenvalue weighted by atomic mass is 10.0. The van der Waals surface area contributed by atoms with Crippen molar-refractivity contribution in [3.63, 3.8) is 0 Å². The summed E-state index contributed by atoms with van der Waals surface area (Å²) in [5.41, 5.74) is 2.52. The van der Waals surface area contributed by atoms with E-state index >= 15 is 0 Å². The van der Waals surface area contributed by atoms with Crippen LogP contribution >= 0.6 is 0 Å². The van der Waals surface area contributed by atoms with Crippen LogP contribution in [-0.4, -0.2) is 17.9 Å². The zero-order chi connectivity index (χ0) is 14.5. The summed E-state index contributed by atoms with van der Waals surface area (Å²) in [5, 5.41) is 5.87. The first kappa shape index (κ1) is 14.1. The maximum atomic E-state index is 12.2. The van der Waals surface area contributed by atoms with Crippen molar-refractivity contribution in [2.24, 2.45) is 0 Å². The number of amides is 1. The zero-order valence-electron chi connectivity index (χ0n) is 12.0. The SMILES string of the molecule is CNc1ccc(C(=O)Nc2ccccc2C(C)C)cn1. The minimum absolute atomic E-state index is 0.145. The molecule has 0 bridgehead atoms. The second kappa shape index (κ2) is 6.19. The number of nitrogens with one attached hydrogen (secondary N) is 2. The molecule has 104 valence electrons. The average Bonchev–Trinajstić information content (AvgIpc) is 2.47. The molecule has 1 amide bonds. The highest BCUT2D eigenvalue weighted by molar-refractivity contribution is 6.04. The van der Waals surface area contributed by atoms with Crippen LogP contribution in [0.4, 0.5) is 11.5 Å². The highest BCUT2D eigenvalue weighted by atomic mass is 16.1. The third-order valence-corrected chi connectivity index (χ3v) is 3.11. The lowest BCUT2D eigenvalue weighted by Crippen LogP contribution is -2.14. The Kier molecular flexibility index (Phi) is 4.35. The van der Waals surface area contributed by atoms with Gasteiger partial charge in [-0.3, -0.25) is 4.79 Å². The minimum atomic E-state index is -0.145. The summed E-state index contributed by atoms with van der Waals surface area (Å²) in [7, 11) is 1.79. The van der Waals surface area contributed by atoms with E-state index in [2.05, 4.69) is 29.5 Å². The summed E-state index contributed by atoms with van der Waals surface area (Å²) in [6.07, 6.45) is 1.57. The van der Waals surface area contributed by atoms with E-state index in [1.54, 1.807) is 25.4 Å². The molecule has 2 rings (SSSR count). The number of rotatable bonds is 4. The molecule has 1 heterocycles. The number of carbonyl (C=O) groups excluding carboxylic acids is 1. The van der Waals surface area contributed by atoms with Gasteiger partial charge < -0.3 is 10.6 Å². The number of pyridine rings is 1. The van der Waals surface area contributed by atoms with Crippen LogP contribution in [0.1, 0.15) is 35.7 Å². The second-order valence-corrected chi connectivity index (χ2v) is 4.88. The maximum absolute atomic E-state index is 12.2. The number of hydrogen-bond acceptors (Lipinski definition) is 3. The first-order chi connectivity index (χ1) is 9.61. The number of para-hydroxylation sites is 1. The Morgan fingerprint density at radius 2 is 1.90 bits per heavy atom. The number of nitrogens with zero attached hydrogens (tertiary/aromatic N) is 1. The van der Waals surface area contributed by atoms with Gasteiger partial charge in [0.1, 0.15) is 5.82 Å². The molecule has 0 fully saturated rings. The van der Waals surface area contributed by atoms with Crippen LogP contribution in [0.5, 0.6) is 0 Å². The third kappa shape index (κ3) is 3.15. The Morgan fingerprint density at radius 3 is 2.50 bits per heavy atom.